The summed E-state index contributed by atoms with van der Waals surface area (Å²) in [5.41, 5.74) is 0.384. The van der Waals surface area contributed by atoms with E-state index in [-0.39, 0.29) is 4.21 Å². The number of thiophene rings is 1. The molecule has 0 bridgehead atoms. The maximum atomic E-state index is 12.7. The number of anilines is 1. The Labute approximate surface area is 166 Å². The highest BCUT2D eigenvalue weighted by Crippen LogP contribution is 2.28. The zero-order valence-electron chi connectivity index (χ0n) is 14.2. The SMILES string of the molecule is COc1ccc(Cl)cc1NC(=O)[C@H](CCSC)NS(=O)(=O)c1cccs1. The minimum atomic E-state index is -3.77. The third-order valence-electron chi connectivity index (χ3n) is 3.40. The standard InChI is InChI=1S/C16H19ClN2O4S3/c1-23-14-6-5-11(17)10-13(14)18-16(20)12(7-9-24-2)19-26(21,22)15-4-3-8-25-15/h3-6,8,10,12,19H,7,9H2,1-2H3,(H,18,20)/t12-/m0/s1. The van der Waals surface area contributed by atoms with Gasteiger partial charge >= 0.3 is 0 Å². The number of amides is 1. The first-order valence-electron chi connectivity index (χ1n) is 7.56. The van der Waals surface area contributed by atoms with Gasteiger partial charge in [-0.15, -0.1) is 11.3 Å². The van der Waals surface area contributed by atoms with Crippen molar-refractivity contribution in [1.82, 2.24) is 4.72 Å². The minimum Gasteiger partial charge on any atom is -0.495 e. The fraction of sp³-hybridized carbons (Fsp3) is 0.312. The number of halogens is 1. The van der Waals surface area contributed by atoms with Gasteiger partial charge < -0.3 is 10.1 Å². The topological polar surface area (TPSA) is 84.5 Å². The molecule has 0 aliphatic heterocycles. The number of rotatable bonds is 9. The fourth-order valence-corrected chi connectivity index (χ4v) is 5.02. The third kappa shape index (κ3) is 5.62. The van der Waals surface area contributed by atoms with E-state index in [1.165, 1.54) is 24.9 Å². The quantitative estimate of drug-likeness (QED) is 0.631. The summed E-state index contributed by atoms with van der Waals surface area (Å²) in [6.45, 7) is 0. The van der Waals surface area contributed by atoms with Crippen molar-refractivity contribution in [1.29, 1.82) is 0 Å². The van der Waals surface area contributed by atoms with Gasteiger partial charge in [-0.1, -0.05) is 17.7 Å². The van der Waals surface area contributed by atoms with E-state index in [4.69, 9.17) is 16.3 Å². The Morgan fingerprint density at radius 3 is 2.77 bits per heavy atom. The van der Waals surface area contributed by atoms with Crippen LogP contribution in [0.25, 0.3) is 0 Å². The molecule has 1 atom stereocenters. The van der Waals surface area contributed by atoms with Gasteiger partial charge in [-0.3, -0.25) is 4.79 Å². The zero-order valence-corrected chi connectivity index (χ0v) is 17.4. The molecule has 2 rings (SSSR count). The van der Waals surface area contributed by atoms with Gasteiger partial charge in [0.25, 0.3) is 10.0 Å². The van der Waals surface area contributed by atoms with Crippen LogP contribution in [-0.4, -0.2) is 39.5 Å². The monoisotopic (exact) mass is 434 g/mol. The molecule has 1 amide bonds. The molecular formula is C16H19ClN2O4S3. The molecule has 0 unspecified atom stereocenters. The van der Waals surface area contributed by atoms with Crippen molar-refractivity contribution in [2.24, 2.45) is 0 Å². The molecule has 1 aromatic carbocycles. The Kier molecular flexibility index (Phi) is 7.78. The molecule has 2 N–H and O–H groups in total. The Morgan fingerprint density at radius 2 is 2.15 bits per heavy atom. The smallest absolute Gasteiger partial charge is 0.250 e. The molecule has 142 valence electrons. The van der Waals surface area contributed by atoms with E-state index in [2.05, 4.69) is 10.0 Å². The lowest BCUT2D eigenvalue weighted by atomic mass is 10.2. The lowest BCUT2D eigenvalue weighted by Crippen LogP contribution is -2.44. The van der Waals surface area contributed by atoms with Crippen LogP contribution in [0.5, 0.6) is 5.75 Å². The Morgan fingerprint density at radius 1 is 1.38 bits per heavy atom. The molecule has 6 nitrogen and oxygen atoms in total. The maximum Gasteiger partial charge on any atom is 0.250 e. The van der Waals surface area contributed by atoms with Crippen LogP contribution in [-0.2, 0) is 14.8 Å². The lowest BCUT2D eigenvalue weighted by Gasteiger charge is -2.19. The van der Waals surface area contributed by atoms with Crippen molar-refractivity contribution >= 4 is 56.3 Å². The number of benzene rings is 1. The van der Waals surface area contributed by atoms with Crippen LogP contribution in [0.2, 0.25) is 5.02 Å². The predicted molar refractivity (Wildman–Crippen MR) is 108 cm³/mol. The summed E-state index contributed by atoms with van der Waals surface area (Å²) in [6, 6.07) is 7.05. The van der Waals surface area contributed by atoms with Crippen LogP contribution < -0.4 is 14.8 Å². The Hall–Kier alpha value is -1.26. The number of thioether (sulfide) groups is 1. The van der Waals surface area contributed by atoms with Gasteiger partial charge in [-0.2, -0.15) is 16.5 Å². The summed E-state index contributed by atoms with van der Waals surface area (Å²) in [5.74, 6) is 0.588. The van der Waals surface area contributed by atoms with Gasteiger partial charge in [0.15, 0.2) is 0 Å². The molecule has 1 aromatic heterocycles. The zero-order chi connectivity index (χ0) is 19.2. The number of sulfonamides is 1. The molecule has 10 heteroatoms. The van der Waals surface area contributed by atoms with Crippen molar-refractivity contribution in [2.45, 2.75) is 16.7 Å². The average Bonchev–Trinajstić information content (AvgIpc) is 3.14. The second-order valence-electron chi connectivity index (χ2n) is 5.22. The molecule has 0 radical (unpaired) electrons. The molecular weight excluding hydrogens is 416 g/mol. The molecule has 0 saturated heterocycles. The Bertz CT molecular complexity index is 841. The first kappa shape index (κ1) is 21.0. The Balaban J connectivity index is 2.21. The highest BCUT2D eigenvalue weighted by molar-refractivity contribution is 7.98. The largest absolute Gasteiger partial charge is 0.495 e. The normalized spacial score (nSPS) is 12.6. The highest BCUT2D eigenvalue weighted by Gasteiger charge is 2.26. The van der Waals surface area contributed by atoms with Gasteiger partial charge in [-0.25, -0.2) is 8.42 Å². The van der Waals surface area contributed by atoms with E-state index in [0.29, 0.717) is 28.6 Å². The predicted octanol–water partition coefficient (Wildman–Crippen LogP) is 3.45. The van der Waals surface area contributed by atoms with E-state index < -0.39 is 22.0 Å². The van der Waals surface area contributed by atoms with E-state index in [1.54, 1.807) is 29.6 Å². The number of methoxy groups -OCH3 is 1. The van der Waals surface area contributed by atoms with Gasteiger partial charge in [0.05, 0.1) is 12.8 Å². The van der Waals surface area contributed by atoms with Gasteiger partial charge in [0, 0.05) is 5.02 Å². The van der Waals surface area contributed by atoms with Crippen molar-refractivity contribution in [3.05, 3.63) is 40.7 Å². The van der Waals surface area contributed by atoms with E-state index in [1.807, 2.05) is 6.26 Å². The maximum absolute atomic E-state index is 12.7. The van der Waals surface area contributed by atoms with Crippen molar-refractivity contribution < 1.29 is 17.9 Å². The van der Waals surface area contributed by atoms with Crippen molar-refractivity contribution in [2.75, 3.05) is 24.4 Å². The van der Waals surface area contributed by atoms with Gasteiger partial charge in [0.2, 0.25) is 5.91 Å². The summed E-state index contributed by atoms with van der Waals surface area (Å²) < 4.78 is 32.8. The van der Waals surface area contributed by atoms with E-state index in [0.717, 1.165) is 11.3 Å². The molecule has 0 aliphatic carbocycles. The van der Waals surface area contributed by atoms with Crippen LogP contribution in [0, 0.1) is 0 Å². The summed E-state index contributed by atoms with van der Waals surface area (Å²) in [7, 11) is -2.29. The molecule has 1 heterocycles. The number of carbonyl (C=O) groups is 1. The van der Waals surface area contributed by atoms with Crippen LogP contribution in [0.3, 0.4) is 0 Å². The number of ether oxygens (including phenoxy) is 1. The molecule has 0 spiro atoms. The number of nitrogens with one attached hydrogen (secondary N) is 2. The highest BCUT2D eigenvalue weighted by atomic mass is 35.5. The first-order chi connectivity index (χ1) is 12.4. The molecule has 0 aliphatic rings. The lowest BCUT2D eigenvalue weighted by molar-refractivity contribution is -0.117. The van der Waals surface area contributed by atoms with Crippen LogP contribution in [0.1, 0.15) is 6.42 Å². The summed E-state index contributed by atoms with van der Waals surface area (Å²) >= 11 is 8.60. The second kappa shape index (κ2) is 9.61. The first-order valence-corrected chi connectivity index (χ1v) is 11.7. The molecule has 0 fully saturated rings. The molecule has 26 heavy (non-hydrogen) atoms. The van der Waals surface area contributed by atoms with E-state index >= 15 is 0 Å². The van der Waals surface area contributed by atoms with Crippen molar-refractivity contribution in [3.8, 4) is 5.75 Å². The second-order valence-corrected chi connectivity index (χ2v) is 9.53. The summed E-state index contributed by atoms with van der Waals surface area (Å²) in [4.78, 5) is 12.7. The summed E-state index contributed by atoms with van der Waals surface area (Å²) in [6.07, 6.45) is 2.24. The fourth-order valence-electron chi connectivity index (χ4n) is 2.14. The van der Waals surface area contributed by atoms with Crippen molar-refractivity contribution in [3.63, 3.8) is 0 Å². The van der Waals surface area contributed by atoms with Gasteiger partial charge in [0.1, 0.15) is 16.0 Å². The molecule has 2 aromatic rings. The molecule has 0 saturated carbocycles. The number of hydrogen-bond acceptors (Lipinski definition) is 6. The van der Waals surface area contributed by atoms with Crippen LogP contribution >= 0.6 is 34.7 Å². The minimum absolute atomic E-state index is 0.166. The average molecular weight is 435 g/mol. The summed E-state index contributed by atoms with van der Waals surface area (Å²) in [5, 5.41) is 4.80. The van der Waals surface area contributed by atoms with Gasteiger partial charge in [-0.05, 0) is 48.1 Å². The third-order valence-corrected chi connectivity index (χ3v) is 7.15. The van der Waals surface area contributed by atoms with E-state index in [9.17, 15) is 13.2 Å². The number of hydrogen-bond donors (Lipinski definition) is 2. The van der Waals surface area contributed by atoms with Crippen LogP contribution in [0.4, 0.5) is 5.69 Å². The van der Waals surface area contributed by atoms with Crippen LogP contribution in [0.15, 0.2) is 39.9 Å². The number of carbonyl (C=O) groups excluding carboxylic acids is 1.